The lowest BCUT2D eigenvalue weighted by Gasteiger charge is -2.22. The second-order valence-electron chi connectivity index (χ2n) is 8.06. The second-order valence-corrected chi connectivity index (χ2v) is 9.54. The van der Waals surface area contributed by atoms with Crippen molar-refractivity contribution in [3.05, 3.63) is 76.1 Å². The third kappa shape index (κ3) is 4.20. The van der Waals surface area contributed by atoms with Gasteiger partial charge >= 0.3 is 0 Å². The Hall–Kier alpha value is -2.27. The van der Waals surface area contributed by atoms with E-state index >= 15 is 0 Å². The lowest BCUT2D eigenvalue weighted by Crippen LogP contribution is -2.28. The first-order valence-corrected chi connectivity index (χ1v) is 10.7. The van der Waals surface area contributed by atoms with Crippen molar-refractivity contribution in [1.82, 2.24) is 0 Å². The summed E-state index contributed by atoms with van der Waals surface area (Å²) in [6.07, 6.45) is 0. The zero-order valence-corrected chi connectivity index (χ0v) is 18.4. The second kappa shape index (κ2) is 7.52. The van der Waals surface area contributed by atoms with Gasteiger partial charge in [-0.3, -0.25) is 0 Å². The van der Waals surface area contributed by atoms with Crippen LogP contribution in [0.25, 0.3) is 16.1 Å². The molecule has 2 aromatic carbocycles. The van der Waals surface area contributed by atoms with Crippen LogP contribution < -0.4 is 9.64 Å². The Kier molecular flexibility index (Phi) is 5.19. The molecule has 0 spiro atoms. The number of anilines is 1. The van der Waals surface area contributed by atoms with Crippen LogP contribution in [0.4, 0.5) is 5.69 Å². The SMILES string of the molecule is C=C1c2sc(-c3ccc(Cl)cc3)cc2CN1c1ccc(OCC(C)(C)O)c(C)c1. The van der Waals surface area contributed by atoms with E-state index in [-0.39, 0.29) is 6.61 Å². The van der Waals surface area contributed by atoms with E-state index in [1.165, 1.54) is 20.9 Å². The summed E-state index contributed by atoms with van der Waals surface area (Å²) in [5.41, 5.74) is 4.78. The van der Waals surface area contributed by atoms with Gasteiger partial charge in [0.05, 0.1) is 16.2 Å². The molecule has 3 nitrogen and oxygen atoms in total. The molecule has 0 fully saturated rings. The van der Waals surface area contributed by atoms with E-state index in [4.69, 9.17) is 16.3 Å². The van der Waals surface area contributed by atoms with Gasteiger partial charge in [0, 0.05) is 22.1 Å². The molecule has 0 unspecified atom stereocenters. The van der Waals surface area contributed by atoms with E-state index in [1.54, 1.807) is 25.2 Å². The first-order chi connectivity index (χ1) is 13.7. The summed E-state index contributed by atoms with van der Waals surface area (Å²) < 4.78 is 5.77. The predicted octanol–water partition coefficient (Wildman–Crippen LogP) is 6.52. The van der Waals surface area contributed by atoms with Gasteiger partial charge in [0.25, 0.3) is 0 Å². The predicted molar refractivity (Wildman–Crippen MR) is 123 cm³/mol. The Morgan fingerprint density at radius 2 is 1.90 bits per heavy atom. The van der Waals surface area contributed by atoms with E-state index in [9.17, 15) is 5.11 Å². The van der Waals surface area contributed by atoms with Crippen LogP contribution in [0, 0.1) is 6.92 Å². The molecule has 1 aromatic heterocycles. The normalized spacial score (nSPS) is 13.7. The number of fused-ring (bicyclic) bond motifs is 1. The van der Waals surface area contributed by atoms with Crippen LogP contribution >= 0.6 is 22.9 Å². The van der Waals surface area contributed by atoms with Crippen molar-refractivity contribution in [2.75, 3.05) is 11.5 Å². The zero-order chi connectivity index (χ0) is 20.8. The van der Waals surface area contributed by atoms with E-state index < -0.39 is 5.60 Å². The molecular weight excluding hydrogens is 402 g/mol. The Balaban J connectivity index is 1.53. The molecule has 0 atom stereocenters. The molecule has 1 aliphatic heterocycles. The van der Waals surface area contributed by atoms with E-state index in [0.29, 0.717) is 0 Å². The highest BCUT2D eigenvalue weighted by atomic mass is 35.5. The summed E-state index contributed by atoms with van der Waals surface area (Å²) in [5, 5.41) is 10.6. The Morgan fingerprint density at radius 1 is 1.17 bits per heavy atom. The van der Waals surface area contributed by atoms with E-state index in [0.717, 1.165) is 34.3 Å². The fraction of sp³-hybridized carbons (Fsp3) is 0.250. The van der Waals surface area contributed by atoms with Crippen molar-refractivity contribution in [3.63, 3.8) is 0 Å². The minimum atomic E-state index is -0.857. The number of ether oxygens (including phenoxy) is 1. The molecule has 150 valence electrons. The maximum Gasteiger partial charge on any atom is 0.122 e. The van der Waals surface area contributed by atoms with Gasteiger partial charge in [-0.2, -0.15) is 0 Å². The standard InChI is InChI=1S/C24H24ClNO2S/c1-15-11-20(9-10-21(15)28-14-24(3,4)27)26-13-18-12-22(29-23(18)16(26)2)17-5-7-19(25)8-6-17/h5-12,27H,2,13-14H2,1,3-4H3. The summed E-state index contributed by atoms with van der Waals surface area (Å²) >= 11 is 7.78. The van der Waals surface area contributed by atoms with Crippen LogP contribution in [-0.4, -0.2) is 17.3 Å². The van der Waals surface area contributed by atoms with Crippen LogP contribution in [0.5, 0.6) is 5.75 Å². The molecule has 0 aliphatic carbocycles. The fourth-order valence-corrected chi connectivity index (χ4v) is 4.68. The number of aryl methyl sites for hydroxylation is 1. The lowest BCUT2D eigenvalue weighted by atomic mass is 10.1. The van der Waals surface area contributed by atoms with Gasteiger partial charge in [-0.15, -0.1) is 11.3 Å². The van der Waals surface area contributed by atoms with Gasteiger partial charge in [-0.1, -0.05) is 30.3 Å². The van der Waals surface area contributed by atoms with Crippen molar-refractivity contribution < 1.29 is 9.84 Å². The Bertz CT molecular complexity index is 1060. The van der Waals surface area contributed by atoms with Crippen LogP contribution in [0.2, 0.25) is 5.02 Å². The van der Waals surface area contributed by atoms with Crippen LogP contribution in [-0.2, 0) is 6.54 Å². The van der Waals surface area contributed by atoms with Crippen LogP contribution in [0.1, 0.15) is 29.9 Å². The molecule has 0 radical (unpaired) electrons. The van der Waals surface area contributed by atoms with Crippen LogP contribution in [0.15, 0.2) is 55.1 Å². The number of thiophene rings is 1. The highest BCUT2D eigenvalue weighted by molar-refractivity contribution is 7.16. The fourth-order valence-electron chi connectivity index (χ4n) is 3.40. The molecule has 0 saturated carbocycles. The smallest absolute Gasteiger partial charge is 0.122 e. The van der Waals surface area contributed by atoms with E-state index in [2.05, 4.69) is 41.8 Å². The Labute approximate surface area is 180 Å². The van der Waals surface area contributed by atoms with Crippen molar-refractivity contribution in [1.29, 1.82) is 0 Å². The number of rotatable bonds is 5. The molecule has 29 heavy (non-hydrogen) atoms. The van der Waals surface area contributed by atoms with Gasteiger partial charge in [-0.05, 0) is 73.9 Å². The average molecular weight is 426 g/mol. The van der Waals surface area contributed by atoms with Crippen molar-refractivity contribution in [2.24, 2.45) is 0 Å². The quantitative estimate of drug-likeness (QED) is 0.505. The molecule has 2 heterocycles. The first kappa shape index (κ1) is 20.0. The Morgan fingerprint density at radius 3 is 2.52 bits per heavy atom. The molecule has 0 bridgehead atoms. The molecule has 5 heteroatoms. The topological polar surface area (TPSA) is 32.7 Å². The number of aliphatic hydroxyl groups is 1. The monoisotopic (exact) mass is 425 g/mol. The summed E-state index contributed by atoms with van der Waals surface area (Å²) in [6.45, 7) is 10.9. The third-order valence-corrected chi connectivity index (χ3v) is 6.43. The van der Waals surface area contributed by atoms with E-state index in [1.807, 2.05) is 25.1 Å². The minimum absolute atomic E-state index is 0.258. The summed E-state index contributed by atoms with van der Waals surface area (Å²) in [7, 11) is 0. The van der Waals surface area contributed by atoms with Crippen molar-refractivity contribution in [2.45, 2.75) is 32.9 Å². The number of hydrogen-bond acceptors (Lipinski definition) is 4. The van der Waals surface area contributed by atoms with Gasteiger partial charge in [0.15, 0.2) is 0 Å². The zero-order valence-electron chi connectivity index (χ0n) is 16.8. The maximum atomic E-state index is 9.88. The van der Waals surface area contributed by atoms with Crippen LogP contribution in [0.3, 0.4) is 0 Å². The van der Waals surface area contributed by atoms with Gasteiger partial charge in [-0.25, -0.2) is 0 Å². The lowest BCUT2D eigenvalue weighted by molar-refractivity contribution is 0.0283. The highest BCUT2D eigenvalue weighted by Gasteiger charge is 2.27. The molecule has 1 aliphatic rings. The number of hydrogen-bond donors (Lipinski definition) is 1. The largest absolute Gasteiger partial charge is 0.490 e. The van der Waals surface area contributed by atoms with Gasteiger partial charge < -0.3 is 14.7 Å². The van der Waals surface area contributed by atoms with Crippen molar-refractivity contribution in [3.8, 4) is 16.2 Å². The molecular formula is C24H24ClNO2S. The summed E-state index contributed by atoms with van der Waals surface area (Å²) in [4.78, 5) is 4.70. The number of nitrogens with zero attached hydrogens (tertiary/aromatic N) is 1. The summed E-state index contributed by atoms with van der Waals surface area (Å²) in [5.74, 6) is 0.792. The number of benzene rings is 2. The molecule has 0 saturated heterocycles. The molecule has 0 amide bonds. The maximum absolute atomic E-state index is 9.88. The molecule has 1 N–H and O–H groups in total. The first-order valence-electron chi connectivity index (χ1n) is 9.52. The average Bonchev–Trinajstić information content (AvgIpc) is 3.20. The van der Waals surface area contributed by atoms with Crippen molar-refractivity contribution >= 4 is 34.3 Å². The third-order valence-electron chi connectivity index (χ3n) is 4.91. The van der Waals surface area contributed by atoms with Gasteiger partial charge in [0.2, 0.25) is 0 Å². The summed E-state index contributed by atoms with van der Waals surface area (Å²) in [6, 6.07) is 16.3. The minimum Gasteiger partial charge on any atom is -0.490 e. The van der Waals surface area contributed by atoms with Gasteiger partial charge in [0.1, 0.15) is 12.4 Å². The number of halogens is 1. The molecule has 4 rings (SSSR count). The molecule has 3 aromatic rings. The highest BCUT2D eigenvalue weighted by Crippen LogP contribution is 2.44.